The average molecular weight is 1630 g/mol. The number of phosphoric ester groups is 2. The van der Waals surface area contributed by atoms with Crippen LogP contribution in [0, 0.1) is 17.8 Å². The normalized spacial score (nSPS) is 14.2. The lowest BCUT2D eigenvalue weighted by atomic mass is 9.99. The monoisotopic (exact) mass is 1630 g/mol. The largest absolute Gasteiger partial charge is 0.472 e. The summed E-state index contributed by atoms with van der Waals surface area (Å²) in [6.07, 6.45) is 76.4. The second-order valence-electron chi connectivity index (χ2n) is 34.4. The van der Waals surface area contributed by atoms with Gasteiger partial charge in [0.1, 0.15) is 19.3 Å². The van der Waals surface area contributed by atoms with E-state index in [1.165, 1.54) is 308 Å². The highest BCUT2D eigenvalue weighted by molar-refractivity contribution is 7.47. The SMILES string of the molecule is CCCCCCCCCCCCCCCCCCCCCCC(=O)OC[C@H](COP(=O)(O)OC[C@@H](O)COP(=O)(O)OC[C@@H](COC(=O)CCCCCCCCCCCC(C)C)OC(=O)CCCCCCCCCCCCCCCCC(C)CC)OC(=O)CCCCCCCCCCCCCCCCCCCCC(C)CC. The van der Waals surface area contributed by atoms with Gasteiger partial charge in [0.05, 0.1) is 26.4 Å². The van der Waals surface area contributed by atoms with Gasteiger partial charge in [-0.1, -0.05) is 447 Å². The van der Waals surface area contributed by atoms with Crippen LogP contribution in [0.3, 0.4) is 0 Å². The summed E-state index contributed by atoms with van der Waals surface area (Å²) in [6.45, 7) is 12.1. The summed E-state index contributed by atoms with van der Waals surface area (Å²) >= 11 is 0. The average Bonchev–Trinajstić information content (AvgIpc) is 0.900. The Bertz CT molecular complexity index is 2150. The minimum absolute atomic E-state index is 0.108. The first kappa shape index (κ1) is 110. The molecule has 0 fully saturated rings. The molecule has 19 heteroatoms. The third-order valence-corrected chi connectivity index (χ3v) is 24.5. The second kappa shape index (κ2) is 82.7. The molecular formula is C93H182O17P2. The Labute approximate surface area is 689 Å². The quantitative estimate of drug-likeness (QED) is 0.0222. The number of carbonyl (C=O) groups excluding carboxylic acids is 4. The van der Waals surface area contributed by atoms with Crippen LogP contribution >= 0.6 is 15.6 Å². The zero-order valence-corrected chi connectivity index (χ0v) is 75.9. The van der Waals surface area contributed by atoms with Gasteiger partial charge in [-0.25, -0.2) is 9.13 Å². The Balaban J connectivity index is 5.25. The van der Waals surface area contributed by atoms with Gasteiger partial charge < -0.3 is 33.8 Å². The molecule has 0 aliphatic carbocycles. The first-order valence-electron chi connectivity index (χ1n) is 47.9. The summed E-state index contributed by atoms with van der Waals surface area (Å²) in [5.41, 5.74) is 0. The van der Waals surface area contributed by atoms with E-state index in [-0.39, 0.29) is 25.7 Å². The number of esters is 4. The highest BCUT2D eigenvalue weighted by Gasteiger charge is 2.31. The van der Waals surface area contributed by atoms with E-state index < -0.39 is 97.5 Å². The van der Waals surface area contributed by atoms with E-state index in [9.17, 15) is 43.2 Å². The molecule has 0 bridgehead atoms. The number of hydrogen-bond donors (Lipinski definition) is 3. The third-order valence-electron chi connectivity index (χ3n) is 22.6. The number of carbonyl (C=O) groups is 4. The minimum Gasteiger partial charge on any atom is -0.462 e. The molecule has 0 aliphatic rings. The van der Waals surface area contributed by atoms with Crippen LogP contribution in [0.2, 0.25) is 0 Å². The van der Waals surface area contributed by atoms with Crippen molar-refractivity contribution < 1.29 is 80.2 Å². The molecule has 3 N–H and O–H groups in total. The van der Waals surface area contributed by atoms with Gasteiger partial charge >= 0.3 is 39.5 Å². The number of aliphatic hydroxyl groups excluding tert-OH is 1. The summed E-state index contributed by atoms with van der Waals surface area (Å²) in [7, 11) is -9.94. The second-order valence-corrected chi connectivity index (χ2v) is 37.3. The Hall–Kier alpha value is -1.94. The molecule has 0 aromatic heterocycles. The zero-order chi connectivity index (χ0) is 82.2. The summed E-state index contributed by atoms with van der Waals surface area (Å²) in [5.74, 6) is 0.364. The Morgan fingerprint density at radius 2 is 0.455 bits per heavy atom. The number of ether oxygens (including phenoxy) is 4. The standard InChI is InChI=1S/C93H182O17P2/c1-8-11-12-13-14-15-16-17-18-19-20-21-25-28-34-39-46-53-60-67-74-90(95)103-80-88(109-92(97)76-69-62-55-47-40-35-29-26-23-22-24-27-32-37-44-51-58-65-72-85(6)9-2)82-107-111(99,100)105-78-87(94)79-106-112(101,102)108-83-89(81-104-91(96)75-68-61-54-49-42-43-50-57-64-71-84(4)5)110-93(98)77-70-63-56-48-41-36-31-30-33-38-45-52-59-66-73-86(7)10-3/h84-89,94H,8-83H2,1-7H3,(H,99,100)(H,101,102)/t85?,86?,87-,88-,89-/m1/s1. The van der Waals surface area contributed by atoms with Gasteiger partial charge in [-0.05, 0) is 43.4 Å². The van der Waals surface area contributed by atoms with Gasteiger partial charge in [0.15, 0.2) is 12.2 Å². The minimum atomic E-state index is -4.97. The van der Waals surface area contributed by atoms with E-state index in [0.717, 1.165) is 108 Å². The maximum Gasteiger partial charge on any atom is 0.472 e. The molecule has 0 heterocycles. The lowest BCUT2D eigenvalue weighted by Crippen LogP contribution is -2.30. The van der Waals surface area contributed by atoms with E-state index in [2.05, 4.69) is 48.5 Å². The Morgan fingerprint density at radius 1 is 0.259 bits per heavy atom. The molecule has 0 spiro atoms. The summed E-state index contributed by atoms with van der Waals surface area (Å²) < 4.78 is 69.1. The summed E-state index contributed by atoms with van der Waals surface area (Å²) in [6, 6.07) is 0. The molecule has 4 unspecified atom stereocenters. The first-order valence-corrected chi connectivity index (χ1v) is 50.9. The number of rotatable bonds is 91. The first-order chi connectivity index (χ1) is 54.3. The van der Waals surface area contributed by atoms with Crippen LogP contribution in [-0.4, -0.2) is 96.7 Å². The molecule has 0 aromatic rings. The van der Waals surface area contributed by atoms with Gasteiger partial charge in [-0.15, -0.1) is 0 Å². The molecule has 0 saturated heterocycles. The van der Waals surface area contributed by atoms with Crippen LogP contribution in [0.1, 0.15) is 498 Å². The Kier molecular flexibility index (Phi) is 81.3. The van der Waals surface area contributed by atoms with Crippen molar-refractivity contribution in [3.8, 4) is 0 Å². The van der Waals surface area contributed by atoms with Crippen LogP contribution in [-0.2, 0) is 65.4 Å². The van der Waals surface area contributed by atoms with Crippen LogP contribution in [0.15, 0.2) is 0 Å². The maximum absolute atomic E-state index is 13.2. The van der Waals surface area contributed by atoms with Gasteiger partial charge in [0, 0.05) is 25.7 Å². The van der Waals surface area contributed by atoms with Crippen molar-refractivity contribution in [2.45, 2.75) is 516 Å². The van der Waals surface area contributed by atoms with Crippen LogP contribution in [0.4, 0.5) is 0 Å². The van der Waals surface area contributed by atoms with Crippen molar-refractivity contribution in [2.24, 2.45) is 17.8 Å². The van der Waals surface area contributed by atoms with Crippen molar-refractivity contribution in [3.05, 3.63) is 0 Å². The van der Waals surface area contributed by atoms with Crippen LogP contribution < -0.4 is 0 Å². The topological polar surface area (TPSA) is 237 Å². The zero-order valence-electron chi connectivity index (χ0n) is 74.2. The lowest BCUT2D eigenvalue weighted by Gasteiger charge is -2.21. The fourth-order valence-electron chi connectivity index (χ4n) is 14.5. The Morgan fingerprint density at radius 3 is 0.679 bits per heavy atom. The molecule has 0 saturated carbocycles. The highest BCUT2D eigenvalue weighted by Crippen LogP contribution is 2.45. The number of unbranched alkanes of at least 4 members (excludes halogenated alkanes) is 57. The molecule has 0 rings (SSSR count). The van der Waals surface area contributed by atoms with E-state index in [0.29, 0.717) is 25.7 Å². The third kappa shape index (κ3) is 83.1. The molecule has 0 aromatic carbocycles. The predicted octanol–water partition coefficient (Wildman–Crippen LogP) is 28.8. The van der Waals surface area contributed by atoms with Gasteiger partial charge in [-0.2, -0.15) is 0 Å². The van der Waals surface area contributed by atoms with Crippen molar-refractivity contribution in [1.29, 1.82) is 0 Å². The number of hydrogen-bond acceptors (Lipinski definition) is 15. The molecule has 0 aliphatic heterocycles. The van der Waals surface area contributed by atoms with Crippen molar-refractivity contribution >= 4 is 39.5 Å². The van der Waals surface area contributed by atoms with E-state index in [4.69, 9.17) is 37.0 Å². The van der Waals surface area contributed by atoms with Crippen molar-refractivity contribution in [3.63, 3.8) is 0 Å². The van der Waals surface area contributed by atoms with Crippen LogP contribution in [0.5, 0.6) is 0 Å². The molecule has 17 nitrogen and oxygen atoms in total. The van der Waals surface area contributed by atoms with Crippen LogP contribution in [0.25, 0.3) is 0 Å². The molecule has 7 atom stereocenters. The lowest BCUT2D eigenvalue weighted by molar-refractivity contribution is -0.161. The predicted molar refractivity (Wildman–Crippen MR) is 465 cm³/mol. The van der Waals surface area contributed by atoms with Gasteiger partial charge in [-0.3, -0.25) is 37.3 Å². The molecule has 0 radical (unpaired) electrons. The fraction of sp³-hybridized carbons (Fsp3) is 0.957. The van der Waals surface area contributed by atoms with E-state index >= 15 is 0 Å². The molecule has 0 amide bonds. The number of aliphatic hydroxyl groups is 1. The van der Waals surface area contributed by atoms with E-state index in [1.54, 1.807) is 0 Å². The molecule has 112 heavy (non-hydrogen) atoms. The number of phosphoric acid groups is 2. The fourth-order valence-corrected chi connectivity index (χ4v) is 16.1. The molecule has 666 valence electrons. The smallest absolute Gasteiger partial charge is 0.462 e. The maximum atomic E-state index is 13.2. The van der Waals surface area contributed by atoms with Gasteiger partial charge in [0.2, 0.25) is 0 Å². The van der Waals surface area contributed by atoms with E-state index in [1.807, 2.05) is 0 Å². The highest BCUT2D eigenvalue weighted by atomic mass is 31.2. The van der Waals surface area contributed by atoms with Crippen molar-refractivity contribution in [2.75, 3.05) is 39.6 Å². The summed E-state index contributed by atoms with van der Waals surface area (Å²) in [5, 5.41) is 10.7. The van der Waals surface area contributed by atoms with Gasteiger partial charge in [0.25, 0.3) is 0 Å². The molecular weight excluding hydrogens is 1450 g/mol. The van der Waals surface area contributed by atoms with Crippen molar-refractivity contribution in [1.82, 2.24) is 0 Å². The summed E-state index contributed by atoms with van der Waals surface area (Å²) in [4.78, 5) is 73.5.